The maximum atomic E-state index is 11.3. The predicted molar refractivity (Wildman–Crippen MR) is 50.1 cm³/mol. The molecule has 4 heteroatoms. The minimum absolute atomic E-state index is 0.0390. The molecule has 0 saturated heterocycles. The number of nitrogens with one attached hydrogen (secondary N) is 1. The molecule has 1 amide bonds. The predicted octanol–water partition coefficient (Wildman–Crippen LogP) is 0.913. The van der Waals surface area contributed by atoms with Crippen LogP contribution in [-0.2, 0) is 11.3 Å². The maximum Gasteiger partial charge on any atom is 0.252 e. The SMILES string of the molecule is COCOc1cccc2c1CNC2=O. The van der Waals surface area contributed by atoms with Crippen LogP contribution in [0.25, 0.3) is 0 Å². The van der Waals surface area contributed by atoms with Gasteiger partial charge in [-0.1, -0.05) is 6.07 Å². The molecule has 0 spiro atoms. The van der Waals surface area contributed by atoms with E-state index in [2.05, 4.69) is 5.32 Å². The van der Waals surface area contributed by atoms with E-state index in [4.69, 9.17) is 9.47 Å². The summed E-state index contributed by atoms with van der Waals surface area (Å²) in [6.07, 6.45) is 0. The Bertz CT molecular complexity index is 362. The highest BCUT2D eigenvalue weighted by Crippen LogP contribution is 2.25. The first-order chi connectivity index (χ1) is 6.83. The molecule has 4 nitrogen and oxygen atoms in total. The van der Waals surface area contributed by atoms with Crippen LogP contribution in [0.15, 0.2) is 18.2 Å². The van der Waals surface area contributed by atoms with Gasteiger partial charge in [-0.2, -0.15) is 0 Å². The van der Waals surface area contributed by atoms with E-state index >= 15 is 0 Å². The van der Waals surface area contributed by atoms with Gasteiger partial charge < -0.3 is 14.8 Å². The molecule has 1 aliphatic heterocycles. The number of ether oxygens (including phenoxy) is 2. The van der Waals surface area contributed by atoms with Crippen molar-refractivity contribution in [3.8, 4) is 5.75 Å². The summed E-state index contributed by atoms with van der Waals surface area (Å²) in [7, 11) is 1.56. The Labute approximate surface area is 81.8 Å². The average molecular weight is 193 g/mol. The molecule has 0 unspecified atom stereocenters. The van der Waals surface area contributed by atoms with Crippen molar-refractivity contribution in [3.05, 3.63) is 29.3 Å². The van der Waals surface area contributed by atoms with Crippen LogP contribution in [0.1, 0.15) is 15.9 Å². The highest BCUT2D eigenvalue weighted by Gasteiger charge is 2.21. The number of hydrogen-bond donors (Lipinski definition) is 1. The smallest absolute Gasteiger partial charge is 0.252 e. The molecule has 0 aromatic heterocycles. The van der Waals surface area contributed by atoms with Crippen LogP contribution in [0, 0.1) is 0 Å². The second kappa shape index (κ2) is 3.67. The van der Waals surface area contributed by atoms with Crippen molar-refractivity contribution in [2.45, 2.75) is 6.54 Å². The summed E-state index contributed by atoms with van der Waals surface area (Å²) in [6, 6.07) is 5.42. The molecule has 1 aliphatic rings. The lowest BCUT2D eigenvalue weighted by molar-refractivity contribution is 0.0504. The average Bonchev–Trinajstić information content (AvgIpc) is 2.58. The van der Waals surface area contributed by atoms with E-state index in [0.29, 0.717) is 17.9 Å². The Balaban J connectivity index is 2.29. The van der Waals surface area contributed by atoms with Gasteiger partial charge in [0.25, 0.3) is 5.91 Å². The molecule has 0 atom stereocenters. The monoisotopic (exact) mass is 193 g/mol. The van der Waals surface area contributed by atoms with Gasteiger partial charge in [-0.25, -0.2) is 0 Å². The molecule has 0 aliphatic carbocycles. The summed E-state index contributed by atoms with van der Waals surface area (Å²) >= 11 is 0. The van der Waals surface area contributed by atoms with E-state index in [1.165, 1.54) is 0 Å². The zero-order valence-electron chi connectivity index (χ0n) is 7.87. The van der Waals surface area contributed by atoms with E-state index in [-0.39, 0.29) is 12.7 Å². The van der Waals surface area contributed by atoms with Gasteiger partial charge in [0.1, 0.15) is 5.75 Å². The second-order valence-electron chi connectivity index (χ2n) is 3.02. The lowest BCUT2D eigenvalue weighted by Crippen LogP contribution is -2.12. The van der Waals surface area contributed by atoms with Crippen molar-refractivity contribution in [2.24, 2.45) is 0 Å². The van der Waals surface area contributed by atoms with Crippen molar-refractivity contribution in [2.75, 3.05) is 13.9 Å². The first kappa shape index (κ1) is 9.02. The van der Waals surface area contributed by atoms with Crippen molar-refractivity contribution in [3.63, 3.8) is 0 Å². The third-order valence-corrected chi connectivity index (χ3v) is 2.14. The number of carbonyl (C=O) groups is 1. The fraction of sp³-hybridized carbons (Fsp3) is 0.300. The highest BCUT2D eigenvalue weighted by molar-refractivity contribution is 5.99. The number of hydrogen-bond acceptors (Lipinski definition) is 3. The van der Waals surface area contributed by atoms with Gasteiger partial charge in [0.15, 0.2) is 6.79 Å². The van der Waals surface area contributed by atoms with E-state index < -0.39 is 0 Å². The minimum Gasteiger partial charge on any atom is -0.467 e. The standard InChI is InChI=1S/C10H11NO3/c1-13-6-14-9-4-2-3-7-8(9)5-11-10(7)12/h2-4H,5-6H2,1H3,(H,11,12). The summed E-state index contributed by atoms with van der Waals surface area (Å²) in [5.41, 5.74) is 1.60. The van der Waals surface area contributed by atoms with Gasteiger partial charge in [-0.05, 0) is 12.1 Å². The van der Waals surface area contributed by atoms with Gasteiger partial charge >= 0.3 is 0 Å². The zero-order chi connectivity index (χ0) is 9.97. The van der Waals surface area contributed by atoms with Crippen molar-refractivity contribution >= 4 is 5.91 Å². The fourth-order valence-corrected chi connectivity index (χ4v) is 1.48. The zero-order valence-corrected chi connectivity index (χ0v) is 7.87. The maximum absolute atomic E-state index is 11.3. The van der Waals surface area contributed by atoms with Crippen LogP contribution < -0.4 is 10.1 Å². The third kappa shape index (κ3) is 1.44. The van der Waals surface area contributed by atoms with E-state index in [1.54, 1.807) is 19.2 Å². The summed E-state index contributed by atoms with van der Waals surface area (Å²) in [4.78, 5) is 11.3. The van der Waals surface area contributed by atoms with E-state index in [1.807, 2.05) is 6.07 Å². The summed E-state index contributed by atoms with van der Waals surface area (Å²) in [6.45, 7) is 0.735. The molecule has 1 aromatic rings. The van der Waals surface area contributed by atoms with E-state index in [9.17, 15) is 4.79 Å². The van der Waals surface area contributed by atoms with Crippen LogP contribution in [-0.4, -0.2) is 19.8 Å². The van der Waals surface area contributed by atoms with Crippen molar-refractivity contribution < 1.29 is 14.3 Å². The Morgan fingerprint density at radius 3 is 3.14 bits per heavy atom. The number of methoxy groups -OCH3 is 1. The fourth-order valence-electron chi connectivity index (χ4n) is 1.48. The van der Waals surface area contributed by atoms with Gasteiger partial charge in [0, 0.05) is 24.8 Å². The first-order valence-corrected chi connectivity index (χ1v) is 4.34. The minimum atomic E-state index is -0.0390. The lowest BCUT2D eigenvalue weighted by atomic mass is 10.1. The topological polar surface area (TPSA) is 47.6 Å². The highest BCUT2D eigenvalue weighted by atomic mass is 16.7. The van der Waals surface area contributed by atoms with Gasteiger partial charge in [-0.3, -0.25) is 4.79 Å². The number of amides is 1. The Morgan fingerprint density at radius 2 is 2.36 bits per heavy atom. The molecule has 1 N–H and O–H groups in total. The lowest BCUT2D eigenvalue weighted by Gasteiger charge is -2.07. The van der Waals surface area contributed by atoms with Gasteiger partial charge in [-0.15, -0.1) is 0 Å². The normalized spacial score (nSPS) is 13.6. The Hall–Kier alpha value is -1.55. The van der Waals surface area contributed by atoms with Crippen molar-refractivity contribution in [1.29, 1.82) is 0 Å². The molecule has 74 valence electrons. The van der Waals surface area contributed by atoms with Gasteiger partial charge in [0.05, 0.1) is 0 Å². The molecule has 14 heavy (non-hydrogen) atoms. The van der Waals surface area contributed by atoms with Crippen LogP contribution in [0.5, 0.6) is 5.75 Å². The largest absolute Gasteiger partial charge is 0.467 e. The number of carbonyl (C=O) groups excluding carboxylic acids is 1. The Kier molecular flexibility index (Phi) is 2.37. The van der Waals surface area contributed by atoms with Crippen LogP contribution >= 0.6 is 0 Å². The molecule has 0 radical (unpaired) electrons. The van der Waals surface area contributed by atoms with Crippen molar-refractivity contribution in [1.82, 2.24) is 5.32 Å². The van der Waals surface area contributed by atoms with Crippen LogP contribution in [0.3, 0.4) is 0 Å². The second-order valence-corrected chi connectivity index (χ2v) is 3.02. The molecule has 0 bridgehead atoms. The number of fused-ring (bicyclic) bond motifs is 1. The molecular formula is C10H11NO3. The van der Waals surface area contributed by atoms with Crippen LogP contribution in [0.4, 0.5) is 0 Å². The molecule has 2 rings (SSSR count). The quantitative estimate of drug-likeness (QED) is 0.726. The van der Waals surface area contributed by atoms with E-state index in [0.717, 1.165) is 5.56 Å². The molecule has 1 aromatic carbocycles. The number of rotatable bonds is 3. The van der Waals surface area contributed by atoms with Gasteiger partial charge in [0.2, 0.25) is 0 Å². The summed E-state index contributed by atoms with van der Waals surface area (Å²) in [5, 5.41) is 2.74. The third-order valence-electron chi connectivity index (χ3n) is 2.14. The first-order valence-electron chi connectivity index (χ1n) is 4.34. The molecular weight excluding hydrogens is 182 g/mol. The Morgan fingerprint density at radius 1 is 1.50 bits per heavy atom. The number of benzene rings is 1. The van der Waals surface area contributed by atoms with Crippen LogP contribution in [0.2, 0.25) is 0 Å². The molecule has 0 fully saturated rings. The summed E-state index contributed by atoms with van der Waals surface area (Å²) in [5.74, 6) is 0.672. The molecule has 0 saturated carbocycles. The summed E-state index contributed by atoms with van der Waals surface area (Å²) < 4.78 is 10.1. The molecule has 1 heterocycles.